The number of halogens is 1. The molecule has 0 unspecified atom stereocenters. The fourth-order valence-corrected chi connectivity index (χ4v) is 2.87. The van der Waals surface area contributed by atoms with E-state index in [0.29, 0.717) is 29.9 Å². The van der Waals surface area contributed by atoms with Crippen molar-refractivity contribution in [3.05, 3.63) is 46.1 Å². The third kappa shape index (κ3) is 3.97. The molecule has 0 aliphatic carbocycles. The standard InChI is InChI=1S/C16H19N5O3.ClH/c1-19-10-14(16(22)20-8-6-12(17)7-9-20)15(18-19)11-2-4-13(5-3-11)21(23)24;/h2-5,10,12H,6-9,17H2,1H3;1H. The van der Waals surface area contributed by atoms with Crippen LogP contribution >= 0.6 is 12.4 Å². The minimum atomic E-state index is -0.453. The van der Waals surface area contributed by atoms with E-state index in [9.17, 15) is 14.9 Å². The summed E-state index contributed by atoms with van der Waals surface area (Å²) >= 11 is 0. The number of nitrogens with zero attached hydrogens (tertiary/aromatic N) is 4. The summed E-state index contributed by atoms with van der Waals surface area (Å²) in [5.41, 5.74) is 7.61. The smallest absolute Gasteiger partial charge is 0.269 e. The highest BCUT2D eigenvalue weighted by molar-refractivity contribution is 5.99. The van der Waals surface area contributed by atoms with Gasteiger partial charge in [-0.3, -0.25) is 19.6 Å². The summed E-state index contributed by atoms with van der Waals surface area (Å²) in [4.78, 5) is 24.9. The summed E-state index contributed by atoms with van der Waals surface area (Å²) in [6, 6.07) is 6.21. The second-order valence-corrected chi connectivity index (χ2v) is 6.00. The van der Waals surface area contributed by atoms with Crippen LogP contribution in [0.2, 0.25) is 0 Å². The first-order chi connectivity index (χ1) is 11.5. The van der Waals surface area contributed by atoms with Gasteiger partial charge in [0.1, 0.15) is 5.69 Å². The predicted octanol–water partition coefficient (Wildman–Crippen LogP) is 1.98. The molecule has 8 nitrogen and oxygen atoms in total. The van der Waals surface area contributed by atoms with Crippen LogP contribution < -0.4 is 5.73 Å². The van der Waals surface area contributed by atoms with Crippen LogP contribution in [0.4, 0.5) is 5.69 Å². The molecule has 2 N–H and O–H groups in total. The molecule has 9 heteroatoms. The quantitative estimate of drug-likeness (QED) is 0.661. The Balaban J connectivity index is 0.00000225. The number of nitrogens with two attached hydrogens (primary N) is 1. The van der Waals surface area contributed by atoms with E-state index >= 15 is 0 Å². The number of nitro benzene ring substituents is 1. The number of benzene rings is 1. The number of nitro groups is 1. The SMILES string of the molecule is Cl.Cn1cc(C(=O)N2CCC(N)CC2)c(-c2ccc([N+](=O)[O-])cc2)n1. The molecule has 1 aliphatic rings. The predicted molar refractivity (Wildman–Crippen MR) is 95.7 cm³/mol. The first-order valence-corrected chi connectivity index (χ1v) is 7.79. The van der Waals surface area contributed by atoms with Gasteiger partial charge in [-0.1, -0.05) is 0 Å². The maximum absolute atomic E-state index is 12.8. The molecule has 1 aliphatic heterocycles. The van der Waals surface area contributed by atoms with Gasteiger partial charge >= 0.3 is 0 Å². The molecular formula is C16H20ClN5O3. The molecule has 134 valence electrons. The van der Waals surface area contributed by atoms with Crippen molar-refractivity contribution in [3.8, 4) is 11.3 Å². The molecule has 0 spiro atoms. The molecule has 3 rings (SSSR count). The Labute approximate surface area is 151 Å². The molecule has 2 aromatic rings. The monoisotopic (exact) mass is 365 g/mol. The van der Waals surface area contributed by atoms with E-state index in [4.69, 9.17) is 5.73 Å². The summed E-state index contributed by atoms with van der Waals surface area (Å²) < 4.78 is 1.58. The molecule has 1 aromatic heterocycles. The van der Waals surface area contributed by atoms with Gasteiger partial charge in [0, 0.05) is 50.1 Å². The maximum atomic E-state index is 12.8. The van der Waals surface area contributed by atoms with Gasteiger partial charge in [0.05, 0.1) is 10.5 Å². The topological polar surface area (TPSA) is 107 Å². The Morgan fingerprint density at radius 2 is 1.88 bits per heavy atom. The molecule has 2 heterocycles. The van der Waals surface area contributed by atoms with E-state index in [1.807, 2.05) is 0 Å². The molecular weight excluding hydrogens is 346 g/mol. The van der Waals surface area contributed by atoms with Crippen LogP contribution in [0.15, 0.2) is 30.5 Å². The van der Waals surface area contributed by atoms with Crippen LogP contribution in [0.5, 0.6) is 0 Å². The fourth-order valence-electron chi connectivity index (χ4n) is 2.87. The molecule has 1 saturated heterocycles. The largest absolute Gasteiger partial charge is 0.338 e. The number of non-ortho nitro benzene ring substituents is 1. The number of aryl methyl sites for hydroxylation is 1. The molecule has 0 saturated carbocycles. The van der Waals surface area contributed by atoms with Crippen LogP contribution in [-0.2, 0) is 7.05 Å². The minimum absolute atomic E-state index is 0. The van der Waals surface area contributed by atoms with Crippen molar-refractivity contribution in [3.63, 3.8) is 0 Å². The van der Waals surface area contributed by atoms with E-state index in [0.717, 1.165) is 12.8 Å². The Hall–Kier alpha value is -2.45. The first-order valence-electron chi connectivity index (χ1n) is 7.79. The van der Waals surface area contributed by atoms with Gasteiger partial charge in [-0.2, -0.15) is 5.10 Å². The number of carbonyl (C=O) groups is 1. The van der Waals surface area contributed by atoms with Crippen LogP contribution in [0.25, 0.3) is 11.3 Å². The normalized spacial score (nSPS) is 14.9. The second kappa shape index (κ2) is 7.62. The Bertz CT molecular complexity index is 767. The molecule has 0 radical (unpaired) electrons. The van der Waals surface area contributed by atoms with Crippen molar-refractivity contribution in [1.29, 1.82) is 0 Å². The summed E-state index contributed by atoms with van der Waals surface area (Å²) in [7, 11) is 1.75. The minimum Gasteiger partial charge on any atom is -0.338 e. The van der Waals surface area contributed by atoms with Crippen LogP contribution in [-0.4, -0.2) is 44.6 Å². The number of likely N-dealkylation sites (tertiary alicyclic amines) is 1. The highest BCUT2D eigenvalue weighted by Gasteiger charge is 2.26. The van der Waals surface area contributed by atoms with Crippen molar-refractivity contribution in [2.75, 3.05) is 13.1 Å². The third-order valence-corrected chi connectivity index (χ3v) is 4.24. The average molecular weight is 366 g/mol. The zero-order valence-electron chi connectivity index (χ0n) is 13.8. The summed E-state index contributed by atoms with van der Waals surface area (Å²) in [5.74, 6) is -0.0802. The molecule has 1 fully saturated rings. The first kappa shape index (κ1) is 18.9. The van der Waals surface area contributed by atoms with Gasteiger partial charge in [0.15, 0.2) is 0 Å². The Morgan fingerprint density at radius 3 is 2.44 bits per heavy atom. The molecule has 25 heavy (non-hydrogen) atoms. The Morgan fingerprint density at radius 1 is 1.28 bits per heavy atom. The number of aromatic nitrogens is 2. The lowest BCUT2D eigenvalue weighted by atomic mass is 10.0. The lowest BCUT2D eigenvalue weighted by molar-refractivity contribution is -0.384. The number of carbonyl (C=O) groups excluding carboxylic acids is 1. The highest BCUT2D eigenvalue weighted by Crippen LogP contribution is 2.26. The number of rotatable bonds is 3. The lowest BCUT2D eigenvalue weighted by Gasteiger charge is -2.30. The zero-order chi connectivity index (χ0) is 17.3. The van der Waals surface area contributed by atoms with E-state index in [2.05, 4.69) is 5.10 Å². The zero-order valence-corrected chi connectivity index (χ0v) is 14.6. The lowest BCUT2D eigenvalue weighted by Crippen LogP contribution is -2.42. The number of hydrogen-bond acceptors (Lipinski definition) is 5. The van der Waals surface area contributed by atoms with E-state index in [-0.39, 0.29) is 30.0 Å². The second-order valence-electron chi connectivity index (χ2n) is 6.00. The summed E-state index contributed by atoms with van der Waals surface area (Å²) in [5, 5.41) is 15.1. The summed E-state index contributed by atoms with van der Waals surface area (Å²) in [6.45, 7) is 1.27. The Kier molecular flexibility index (Phi) is 5.76. The third-order valence-electron chi connectivity index (χ3n) is 4.24. The van der Waals surface area contributed by atoms with E-state index in [1.54, 1.807) is 35.0 Å². The molecule has 0 atom stereocenters. The van der Waals surface area contributed by atoms with Gasteiger partial charge < -0.3 is 10.6 Å². The van der Waals surface area contributed by atoms with Crippen LogP contribution in [0.3, 0.4) is 0 Å². The number of piperidine rings is 1. The molecule has 1 aromatic carbocycles. The van der Waals surface area contributed by atoms with Gasteiger partial charge in [0.25, 0.3) is 11.6 Å². The van der Waals surface area contributed by atoms with Crippen molar-refractivity contribution >= 4 is 24.0 Å². The number of hydrogen-bond donors (Lipinski definition) is 1. The highest BCUT2D eigenvalue weighted by atomic mass is 35.5. The average Bonchev–Trinajstić information content (AvgIpc) is 2.97. The van der Waals surface area contributed by atoms with E-state index in [1.165, 1.54) is 12.1 Å². The van der Waals surface area contributed by atoms with Crippen molar-refractivity contribution in [2.45, 2.75) is 18.9 Å². The van der Waals surface area contributed by atoms with Gasteiger partial charge in [-0.15, -0.1) is 12.4 Å². The maximum Gasteiger partial charge on any atom is 0.269 e. The van der Waals surface area contributed by atoms with Crippen LogP contribution in [0, 0.1) is 10.1 Å². The fraction of sp³-hybridized carbons (Fsp3) is 0.375. The van der Waals surface area contributed by atoms with E-state index < -0.39 is 4.92 Å². The van der Waals surface area contributed by atoms with Crippen LogP contribution in [0.1, 0.15) is 23.2 Å². The van der Waals surface area contributed by atoms with Crippen molar-refractivity contribution in [1.82, 2.24) is 14.7 Å². The van der Waals surface area contributed by atoms with Crippen molar-refractivity contribution in [2.24, 2.45) is 12.8 Å². The van der Waals surface area contributed by atoms with Gasteiger partial charge in [-0.05, 0) is 25.0 Å². The molecule has 1 amide bonds. The molecule has 0 bridgehead atoms. The van der Waals surface area contributed by atoms with Crippen molar-refractivity contribution < 1.29 is 9.72 Å². The number of amides is 1. The van der Waals surface area contributed by atoms with Gasteiger partial charge in [-0.25, -0.2) is 0 Å². The summed E-state index contributed by atoms with van der Waals surface area (Å²) in [6.07, 6.45) is 3.27. The van der Waals surface area contributed by atoms with Gasteiger partial charge in [0.2, 0.25) is 0 Å².